The lowest BCUT2D eigenvalue weighted by molar-refractivity contribution is 0.0932. The summed E-state index contributed by atoms with van der Waals surface area (Å²) in [6.07, 6.45) is 4.28. The second-order valence-electron chi connectivity index (χ2n) is 6.91. The van der Waals surface area contributed by atoms with E-state index in [0.29, 0.717) is 31.2 Å². The van der Waals surface area contributed by atoms with Gasteiger partial charge in [-0.05, 0) is 43.7 Å². The smallest absolute Gasteiger partial charge is 0.287 e. The number of ether oxygens (including phenoxy) is 1. The minimum Gasteiger partial charge on any atom is -0.385 e. The van der Waals surface area contributed by atoms with Gasteiger partial charge in [0.05, 0.1) is 5.69 Å². The molecule has 0 aliphatic carbocycles. The number of anilines is 1. The third-order valence-corrected chi connectivity index (χ3v) is 4.99. The summed E-state index contributed by atoms with van der Waals surface area (Å²) in [6.45, 7) is 3.86. The summed E-state index contributed by atoms with van der Waals surface area (Å²) in [7, 11) is 1.63. The standard InChI is InChI=1S/C21H28N4O3/c1-3-15-9-4-5-10-16(15)23-20(26)18-17-11-6-7-13-25(17)19(24-18)21(27)22-12-8-14-28-2/h4-5,9-10H,3,6-8,11-14H2,1-2H3,(H,22,27)(H,23,26). The zero-order valence-corrected chi connectivity index (χ0v) is 16.6. The highest BCUT2D eigenvalue weighted by atomic mass is 16.5. The Bertz CT molecular complexity index is 844. The monoisotopic (exact) mass is 384 g/mol. The lowest BCUT2D eigenvalue weighted by Gasteiger charge is -2.17. The molecule has 3 rings (SSSR count). The van der Waals surface area contributed by atoms with Gasteiger partial charge in [0, 0.05) is 32.5 Å². The molecule has 7 heteroatoms. The minimum atomic E-state index is -0.259. The Morgan fingerprint density at radius 3 is 2.82 bits per heavy atom. The number of carbonyl (C=O) groups is 2. The van der Waals surface area contributed by atoms with E-state index < -0.39 is 0 Å². The first-order chi connectivity index (χ1) is 13.7. The van der Waals surface area contributed by atoms with Crippen LogP contribution in [0.2, 0.25) is 0 Å². The van der Waals surface area contributed by atoms with Crippen molar-refractivity contribution in [2.45, 2.75) is 45.6 Å². The van der Waals surface area contributed by atoms with Crippen molar-refractivity contribution in [3.05, 3.63) is 47.0 Å². The quantitative estimate of drug-likeness (QED) is 0.686. The molecule has 0 saturated heterocycles. The molecule has 2 heterocycles. The topological polar surface area (TPSA) is 85.2 Å². The average Bonchev–Trinajstić information content (AvgIpc) is 3.11. The van der Waals surface area contributed by atoms with E-state index in [-0.39, 0.29) is 11.8 Å². The SMILES string of the molecule is CCc1ccccc1NC(=O)c1nc(C(=O)NCCCOC)n2c1CCCC2. The molecule has 150 valence electrons. The molecule has 28 heavy (non-hydrogen) atoms. The van der Waals surface area contributed by atoms with Crippen LogP contribution in [0.5, 0.6) is 0 Å². The van der Waals surface area contributed by atoms with E-state index in [1.165, 1.54) is 0 Å². The van der Waals surface area contributed by atoms with Gasteiger partial charge in [0.25, 0.3) is 11.8 Å². The van der Waals surface area contributed by atoms with E-state index in [2.05, 4.69) is 22.5 Å². The van der Waals surface area contributed by atoms with Crippen LogP contribution in [0.1, 0.15) is 58.6 Å². The van der Waals surface area contributed by atoms with E-state index in [1.54, 1.807) is 7.11 Å². The van der Waals surface area contributed by atoms with Crippen LogP contribution in [0.4, 0.5) is 5.69 Å². The van der Waals surface area contributed by atoms with Gasteiger partial charge in [-0.25, -0.2) is 4.98 Å². The molecule has 0 spiro atoms. The first-order valence-electron chi connectivity index (χ1n) is 9.91. The van der Waals surface area contributed by atoms with Crippen molar-refractivity contribution >= 4 is 17.5 Å². The first-order valence-corrected chi connectivity index (χ1v) is 9.91. The summed E-state index contributed by atoms with van der Waals surface area (Å²) in [6, 6.07) is 7.75. The Morgan fingerprint density at radius 2 is 2.04 bits per heavy atom. The second-order valence-corrected chi connectivity index (χ2v) is 6.91. The number of aromatic nitrogens is 2. The maximum atomic E-state index is 13.0. The third-order valence-electron chi connectivity index (χ3n) is 4.99. The number of imidazole rings is 1. The molecule has 2 N–H and O–H groups in total. The van der Waals surface area contributed by atoms with Gasteiger partial charge in [0.1, 0.15) is 0 Å². The van der Waals surface area contributed by atoms with Crippen LogP contribution in [0.3, 0.4) is 0 Å². The predicted molar refractivity (Wildman–Crippen MR) is 108 cm³/mol. The van der Waals surface area contributed by atoms with Crippen molar-refractivity contribution < 1.29 is 14.3 Å². The molecule has 0 unspecified atom stereocenters. The highest BCUT2D eigenvalue weighted by molar-refractivity contribution is 6.05. The van der Waals surface area contributed by atoms with Crippen LogP contribution < -0.4 is 10.6 Å². The molecule has 0 atom stereocenters. The van der Waals surface area contributed by atoms with E-state index in [1.807, 2.05) is 28.8 Å². The zero-order valence-electron chi connectivity index (χ0n) is 16.6. The molecule has 7 nitrogen and oxygen atoms in total. The van der Waals surface area contributed by atoms with Gasteiger partial charge in [-0.1, -0.05) is 25.1 Å². The maximum absolute atomic E-state index is 13.0. The molecule has 1 aromatic heterocycles. The number of nitrogens with zero attached hydrogens (tertiary/aromatic N) is 2. The Balaban J connectivity index is 1.82. The van der Waals surface area contributed by atoms with Crippen LogP contribution in [0.25, 0.3) is 0 Å². The third kappa shape index (κ3) is 4.42. The molecule has 2 amide bonds. The Kier molecular flexibility index (Phi) is 6.81. The number of fused-ring (bicyclic) bond motifs is 1. The number of nitrogens with one attached hydrogen (secondary N) is 2. The summed E-state index contributed by atoms with van der Waals surface area (Å²) >= 11 is 0. The van der Waals surface area contributed by atoms with E-state index >= 15 is 0 Å². The van der Waals surface area contributed by atoms with Crippen LogP contribution in [-0.2, 0) is 24.1 Å². The van der Waals surface area contributed by atoms with Crippen molar-refractivity contribution in [2.75, 3.05) is 25.6 Å². The Labute approximate surface area is 165 Å². The van der Waals surface area contributed by atoms with Crippen LogP contribution >= 0.6 is 0 Å². The fourth-order valence-corrected chi connectivity index (χ4v) is 3.53. The first kappa shape index (κ1) is 20.1. The highest BCUT2D eigenvalue weighted by Crippen LogP contribution is 2.23. The Morgan fingerprint density at radius 1 is 1.21 bits per heavy atom. The highest BCUT2D eigenvalue weighted by Gasteiger charge is 2.27. The molecule has 1 aliphatic rings. The van der Waals surface area contributed by atoms with Crippen molar-refractivity contribution in [1.82, 2.24) is 14.9 Å². The summed E-state index contributed by atoms with van der Waals surface area (Å²) in [5, 5.41) is 5.85. The van der Waals surface area contributed by atoms with Gasteiger partial charge < -0.3 is 19.9 Å². The van der Waals surface area contributed by atoms with Gasteiger partial charge in [0.2, 0.25) is 0 Å². The Hall–Kier alpha value is -2.67. The van der Waals surface area contributed by atoms with Crippen molar-refractivity contribution in [3.63, 3.8) is 0 Å². The molecule has 1 aliphatic heterocycles. The minimum absolute atomic E-state index is 0.243. The predicted octanol–water partition coefficient (Wildman–Crippen LogP) is 2.80. The number of amides is 2. The summed E-state index contributed by atoms with van der Waals surface area (Å²) in [4.78, 5) is 30.0. The summed E-state index contributed by atoms with van der Waals surface area (Å²) in [5.74, 6) is -0.182. The molecule has 0 saturated carbocycles. The fraction of sp³-hybridized carbons (Fsp3) is 0.476. The fourth-order valence-electron chi connectivity index (χ4n) is 3.53. The van der Waals surface area contributed by atoms with Gasteiger partial charge in [-0.3, -0.25) is 9.59 Å². The van der Waals surface area contributed by atoms with E-state index in [4.69, 9.17) is 4.74 Å². The van der Waals surface area contributed by atoms with Crippen LogP contribution in [-0.4, -0.2) is 41.6 Å². The van der Waals surface area contributed by atoms with Gasteiger partial charge in [0.15, 0.2) is 11.5 Å². The number of para-hydroxylation sites is 1. The number of hydrogen-bond donors (Lipinski definition) is 2. The van der Waals surface area contributed by atoms with E-state index in [0.717, 1.165) is 49.0 Å². The van der Waals surface area contributed by atoms with Crippen molar-refractivity contribution in [3.8, 4) is 0 Å². The molecular formula is C21H28N4O3. The van der Waals surface area contributed by atoms with E-state index in [9.17, 15) is 9.59 Å². The van der Waals surface area contributed by atoms with Gasteiger partial charge >= 0.3 is 0 Å². The lowest BCUT2D eigenvalue weighted by atomic mass is 10.1. The van der Waals surface area contributed by atoms with Gasteiger partial charge in [-0.2, -0.15) is 0 Å². The van der Waals surface area contributed by atoms with Crippen LogP contribution in [0.15, 0.2) is 24.3 Å². The second kappa shape index (κ2) is 9.50. The number of methoxy groups -OCH3 is 1. The zero-order chi connectivity index (χ0) is 19.9. The molecule has 1 aromatic carbocycles. The van der Waals surface area contributed by atoms with Gasteiger partial charge in [-0.15, -0.1) is 0 Å². The molecular weight excluding hydrogens is 356 g/mol. The van der Waals surface area contributed by atoms with Crippen LogP contribution in [0, 0.1) is 0 Å². The molecule has 0 bridgehead atoms. The largest absolute Gasteiger partial charge is 0.385 e. The maximum Gasteiger partial charge on any atom is 0.287 e. The summed E-state index contributed by atoms with van der Waals surface area (Å²) < 4.78 is 6.90. The number of aryl methyl sites for hydroxylation is 1. The molecule has 2 aromatic rings. The molecule has 0 radical (unpaired) electrons. The lowest BCUT2D eigenvalue weighted by Crippen LogP contribution is -2.29. The summed E-state index contributed by atoms with van der Waals surface area (Å²) in [5.41, 5.74) is 3.06. The van der Waals surface area contributed by atoms with Crippen molar-refractivity contribution in [1.29, 1.82) is 0 Å². The number of benzene rings is 1. The van der Waals surface area contributed by atoms with Crippen molar-refractivity contribution in [2.24, 2.45) is 0 Å². The number of carbonyl (C=O) groups excluding carboxylic acids is 2. The average molecular weight is 384 g/mol. The normalized spacial score (nSPS) is 13.1. The number of rotatable bonds is 8. The number of hydrogen-bond acceptors (Lipinski definition) is 4. The molecule has 0 fully saturated rings.